The molecule has 0 unspecified atom stereocenters. The summed E-state index contributed by atoms with van der Waals surface area (Å²) in [6.07, 6.45) is 3.49. The van der Waals surface area contributed by atoms with Crippen molar-refractivity contribution >= 4 is 40.3 Å². The first-order chi connectivity index (χ1) is 15.4. The van der Waals surface area contributed by atoms with E-state index >= 15 is 0 Å². The molecule has 0 N–H and O–H groups in total. The summed E-state index contributed by atoms with van der Waals surface area (Å²) in [6.45, 7) is 3.83. The average Bonchev–Trinajstić information content (AvgIpc) is 3.32. The van der Waals surface area contributed by atoms with Crippen LogP contribution in [0.25, 0.3) is 6.08 Å². The number of non-ortho nitro benzene ring substituents is 1. The summed E-state index contributed by atoms with van der Waals surface area (Å²) in [6, 6.07) is 11.7. The number of carbonyl (C=O) groups excluding carboxylic acids is 1. The van der Waals surface area contributed by atoms with Gasteiger partial charge < -0.3 is 14.4 Å². The standard InChI is InChI=1S/C23H22IN3O5/c1-2-31-21-13-17(11-18(14-25)23(28)26-9-3-4-10-26)12-20(24)22(21)32-15-16-5-7-19(8-6-16)27(29)30/h5-8,11-13H,2-4,9-10,15H2,1H3/b18-11+. The van der Waals surface area contributed by atoms with Crippen molar-refractivity contribution < 1.29 is 19.2 Å². The highest BCUT2D eigenvalue weighted by atomic mass is 127. The third-order valence-corrected chi connectivity index (χ3v) is 5.72. The van der Waals surface area contributed by atoms with Crippen LogP contribution < -0.4 is 9.47 Å². The van der Waals surface area contributed by atoms with Gasteiger partial charge in [-0.25, -0.2) is 0 Å². The summed E-state index contributed by atoms with van der Waals surface area (Å²) < 4.78 is 12.5. The molecule has 0 aromatic heterocycles. The van der Waals surface area contributed by atoms with Crippen LogP contribution >= 0.6 is 22.6 Å². The normalized spacial score (nSPS) is 13.5. The molecule has 166 valence electrons. The number of nitriles is 1. The summed E-state index contributed by atoms with van der Waals surface area (Å²) in [7, 11) is 0. The van der Waals surface area contributed by atoms with Crippen LogP contribution in [-0.2, 0) is 11.4 Å². The third kappa shape index (κ3) is 5.76. The van der Waals surface area contributed by atoms with Gasteiger partial charge in [0.15, 0.2) is 11.5 Å². The van der Waals surface area contributed by atoms with Gasteiger partial charge in [-0.1, -0.05) is 0 Å². The van der Waals surface area contributed by atoms with Gasteiger partial charge in [0.2, 0.25) is 0 Å². The number of hydrogen-bond acceptors (Lipinski definition) is 6. The molecule has 2 aromatic rings. The first-order valence-electron chi connectivity index (χ1n) is 10.2. The molecule has 1 aliphatic heterocycles. The highest BCUT2D eigenvalue weighted by Crippen LogP contribution is 2.35. The Morgan fingerprint density at radius 2 is 1.94 bits per heavy atom. The van der Waals surface area contributed by atoms with E-state index in [1.807, 2.05) is 19.1 Å². The number of nitro groups is 1. The minimum atomic E-state index is -0.447. The number of nitro benzene ring substituents is 1. The number of likely N-dealkylation sites (tertiary alicyclic amines) is 1. The van der Waals surface area contributed by atoms with Gasteiger partial charge >= 0.3 is 0 Å². The van der Waals surface area contributed by atoms with Crippen LogP contribution in [0, 0.1) is 25.0 Å². The molecule has 1 saturated heterocycles. The highest BCUT2D eigenvalue weighted by molar-refractivity contribution is 14.1. The maximum Gasteiger partial charge on any atom is 0.269 e. The largest absolute Gasteiger partial charge is 0.490 e. The van der Waals surface area contributed by atoms with E-state index in [9.17, 15) is 20.2 Å². The Kier molecular flexibility index (Phi) is 8.05. The van der Waals surface area contributed by atoms with Gasteiger partial charge in [0.25, 0.3) is 11.6 Å². The van der Waals surface area contributed by atoms with Crippen molar-refractivity contribution in [3.63, 3.8) is 0 Å². The van der Waals surface area contributed by atoms with Crippen LogP contribution in [0.1, 0.15) is 30.9 Å². The Labute approximate surface area is 199 Å². The van der Waals surface area contributed by atoms with Crippen LogP contribution in [0.15, 0.2) is 42.0 Å². The predicted octanol–water partition coefficient (Wildman–Crippen LogP) is 4.71. The summed E-state index contributed by atoms with van der Waals surface area (Å²) in [5.41, 5.74) is 1.56. The Balaban J connectivity index is 1.83. The number of rotatable bonds is 8. The summed E-state index contributed by atoms with van der Waals surface area (Å²) >= 11 is 2.12. The fraction of sp³-hybridized carbons (Fsp3) is 0.304. The average molecular weight is 547 g/mol. The first-order valence-corrected chi connectivity index (χ1v) is 11.2. The number of ether oxygens (including phenoxy) is 2. The molecule has 0 aliphatic carbocycles. The van der Waals surface area contributed by atoms with Gasteiger partial charge in [0.05, 0.1) is 15.1 Å². The smallest absolute Gasteiger partial charge is 0.269 e. The van der Waals surface area contributed by atoms with Crippen molar-refractivity contribution in [2.75, 3.05) is 19.7 Å². The lowest BCUT2D eigenvalue weighted by molar-refractivity contribution is -0.384. The summed E-state index contributed by atoms with van der Waals surface area (Å²) in [5.74, 6) is 0.780. The molecule has 32 heavy (non-hydrogen) atoms. The second-order valence-corrected chi connectivity index (χ2v) is 8.31. The van der Waals surface area contributed by atoms with Crippen LogP contribution in [0.3, 0.4) is 0 Å². The molecule has 1 heterocycles. The quantitative estimate of drug-likeness (QED) is 0.156. The number of carbonyl (C=O) groups is 1. The lowest BCUT2D eigenvalue weighted by atomic mass is 10.1. The molecule has 1 amide bonds. The van der Waals surface area contributed by atoms with Crippen molar-refractivity contribution in [1.82, 2.24) is 4.90 Å². The Morgan fingerprint density at radius 1 is 1.25 bits per heavy atom. The Bertz CT molecular complexity index is 1070. The molecule has 0 spiro atoms. The molecule has 2 aromatic carbocycles. The molecular formula is C23H22IN3O5. The van der Waals surface area contributed by atoms with Gasteiger partial charge in [-0.05, 0) is 83.8 Å². The minimum absolute atomic E-state index is 0.0197. The fourth-order valence-corrected chi connectivity index (χ4v) is 4.12. The van der Waals surface area contributed by atoms with E-state index in [0.29, 0.717) is 36.8 Å². The lowest BCUT2D eigenvalue weighted by Gasteiger charge is -2.16. The van der Waals surface area contributed by atoms with Crippen molar-refractivity contribution in [3.05, 3.63) is 66.8 Å². The Hall–Kier alpha value is -3.13. The Morgan fingerprint density at radius 3 is 2.53 bits per heavy atom. The maximum absolute atomic E-state index is 12.6. The van der Waals surface area contributed by atoms with Gasteiger partial charge in [-0.15, -0.1) is 0 Å². The van der Waals surface area contributed by atoms with E-state index in [-0.39, 0.29) is 23.8 Å². The second kappa shape index (κ2) is 10.9. The van der Waals surface area contributed by atoms with Gasteiger partial charge in [-0.3, -0.25) is 14.9 Å². The predicted molar refractivity (Wildman–Crippen MR) is 127 cm³/mol. The molecule has 8 nitrogen and oxygen atoms in total. The van der Waals surface area contributed by atoms with E-state index in [1.165, 1.54) is 12.1 Å². The molecule has 9 heteroatoms. The number of nitrogens with zero attached hydrogens (tertiary/aromatic N) is 3. The maximum atomic E-state index is 12.6. The number of benzene rings is 2. The molecule has 0 bridgehead atoms. The van der Waals surface area contributed by atoms with E-state index in [0.717, 1.165) is 22.0 Å². The van der Waals surface area contributed by atoms with Crippen molar-refractivity contribution in [2.45, 2.75) is 26.4 Å². The molecule has 0 radical (unpaired) electrons. The molecule has 0 saturated carbocycles. The van der Waals surface area contributed by atoms with Gasteiger partial charge in [0.1, 0.15) is 18.2 Å². The van der Waals surface area contributed by atoms with Crippen molar-refractivity contribution in [1.29, 1.82) is 5.26 Å². The van der Waals surface area contributed by atoms with E-state index in [1.54, 1.807) is 29.2 Å². The minimum Gasteiger partial charge on any atom is -0.490 e. The number of amides is 1. The van der Waals surface area contributed by atoms with Crippen LogP contribution in [0.5, 0.6) is 11.5 Å². The number of halogens is 1. The van der Waals surface area contributed by atoms with E-state index < -0.39 is 4.92 Å². The molecule has 1 fully saturated rings. The summed E-state index contributed by atoms with van der Waals surface area (Å²) in [4.78, 5) is 24.7. The van der Waals surface area contributed by atoms with E-state index in [4.69, 9.17) is 9.47 Å². The second-order valence-electron chi connectivity index (χ2n) is 7.14. The molecule has 3 rings (SSSR count). The van der Waals surface area contributed by atoms with Crippen LogP contribution in [0.4, 0.5) is 5.69 Å². The molecular weight excluding hydrogens is 525 g/mol. The number of hydrogen-bond donors (Lipinski definition) is 0. The zero-order chi connectivity index (χ0) is 23.1. The topological polar surface area (TPSA) is 106 Å². The van der Waals surface area contributed by atoms with Gasteiger partial charge in [-0.2, -0.15) is 5.26 Å². The van der Waals surface area contributed by atoms with Crippen molar-refractivity contribution in [3.8, 4) is 17.6 Å². The third-order valence-electron chi connectivity index (χ3n) is 4.92. The van der Waals surface area contributed by atoms with Gasteiger partial charge in [0, 0.05) is 25.2 Å². The first kappa shape index (κ1) is 23.5. The lowest BCUT2D eigenvalue weighted by Crippen LogP contribution is -2.28. The monoisotopic (exact) mass is 547 g/mol. The summed E-state index contributed by atoms with van der Waals surface area (Å²) in [5, 5.41) is 20.3. The SMILES string of the molecule is CCOc1cc(/C=C(\C#N)C(=O)N2CCCC2)cc(I)c1OCc1ccc([N+](=O)[O-])cc1. The van der Waals surface area contributed by atoms with Crippen LogP contribution in [-0.4, -0.2) is 35.4 Å². The molecule has 1 aliphatic rings. The zero-order valence-corrected chi connectivity index (χ0v) is 19.7. The molecule has 0 atom stereocenters. The highest BCUT2D eigenvalue weighted by Gasteiger charge is 2.22. The van der Waals surface area contributed by atoms with Crippen LogP contribution in [0.2, 0.25) is 0 Å². The zero-order valence-electron chi connectivity index (χ0n) is 17.5. The fourth-order valence-electron chi connectivity index (χ4n) is 3.34. The van der Waals surface area contributed by atoms with Crippen molar-refractivity contribution in [2.24, 2.45) is 0 Å². The van der Waals surface area contributed by atoms with E-state index in [2.05, 4.69) is 22.6 Å².